The van der Waals surface area contributed by atoms with Crippen LogP contribution in [0, 0.1) is 0 Å². The number of anilines is 1. The number of aliphatic hydroxyl groups excluding tert-OH is 1. The van der Waals surface area contributed by atoms with Crippen molar-refractivity contribution >= 4 is 21.6 Å². The third-order valence-corrected chi connectivity index (χ3v) is 3.18. The average molecular weight is 364 g/mol. The van der Waals surface area contributed by atoms with Crippen molar-refractivity contribution in [2.45, 2.75) is 18.8 Å². The van der Waals surface area contributed by atoms with E-state index in [1.807, 2.05) is 0 Å². The Balaban J connectivity index is 1.98. The largest absolute Gasteiger partial charge is 0.416 e. The molecule has 0 amide bonds. The summed E-state index contributed by atoms with van der Waals surface area (Å²) in [7, 11) is 0. The van der Waals surface area contributed by atoms with Gasteiger partial charge in [0.1, 0.15) is 0 Å². The Morgan fingerprint density at radius 2 is 2.10 bits per heavy atom. The number of benzene rings is 1. The third-order valence-electron chi connectivity index (χ3n) is 2.72. The molecule has 2 rings (SSSR count). The lowest BCUT2D eigenvalue weighted by molar-refractivity contribution is -0.137. The molecule has 0 bridgehead atoms. The molecule has 0 aliphatic heterocycles. The van der Waals surface area contributed by atoms with Gasteiger partial charge in [-0.15, -0.1) is 0 Å². The molecule has 2 N–H and O–H groups in total. The maximum absolute atomic E-state index is 12.7. The Bertz CT molecular complexity index is 587. The van der Waals surface area contributed by atoms with Gasteiger partial charge in [0.15, 0.2) is 0 Å². The highest BCUT2D eigenvalue weighted by Crippen LogP contribution is 2.33. The summed E-state index contributed by atoms with van der Waals surface area (Å²) in [6, 6.07) is 5.26. The van der Waals surface area contributed by atoms with Gasteiger partial charge in [-0.2, -0.15) is 18.3 Å². The van der Waals surface area contributed by atoms with Crippen LogP contribution < -0.4 is 5.32 Å². The van der Waals surface area contributed by atoms with Crippen LogP contribution in [0.1, 0.15) is 5.56 Å². The van der Waals surface area contributed by atoms with Crippen LogP contribution in [0.25, 0.3) is 0 Å². The zero-order valence-electron chi connectivity index (χ0n) is 10.8. The fourth-order valence-corrected chi connectivity index (χ4v) is 2.27. The van der Waals surface area contributed by atoms with E-state index in [0.29, 0.717) is 4.47 Å². The standard InChI is InChI=1S/C13H13BrF3N3O/c14-10-4-9(13(15,16)17)5-11(6-10)18-7-12(21)8-20-3-1-2-19-20/h1-6,12,18,21H,7-8H2. The summed E-state index contributed by atoms with van der Waals surface area (Å²) in [5.41, 5.74) is -0.461. The fraction of sp³-hybridized carbons (Fsp3) is 0.308. The van der Waals surface area contributed by atoms with E-state index in [1.54, 1.807) is 23.1 Å². The fourth-order valence-electron chi connectivity index (χ4n) is 1.78. The predicted octanol–water partition coefficient (Wildman–Crippen LogP) is 3.14. The predicted molar refractivity (Wildman–Crippen MR) is 75.9 cm³/mol. The molecule has 1 aromatic carbocycles. The smallest absolute Gasteiger partial charge is 0.389 e. The van der Waals surface area contributed by atoms with Crippen LogP contribution in [-0.4, -0.2) is 27.5 Å². The van der Waals surface area contributed by atoms with Crippen LogP contribution >= 0.6 is 15.9 Å². The quantitative estimate of drug-likeness (QED) is 0.857. The number of aliphatic hydroxyl groups is 1. The molecule has 1 aromatic heterocycles. The summed E-state index contributed by atoms with van der Waals surface area (Å²) < 4.78 is 39.9. The lowest BCUT2D eigenvalue weighted by Gasteiger charge is -2.15. The summed E-state index contributed by atoms with van der Waals surface area (Å²) in [6.07, 6.45) is -1.89. The van der Waals surface area contributed by atoms with Crippen molar-refractivity contribution in [2.24, 2.45) is 0 Å². The minimum Gasteiger partial charge on any atom is -0.389 e. The molecule has 1 heterocycles. The van der Waals surface area contributed by atoms with Gasteiger partial charge < -0.3 is 10.4 Å². The van der Waals surface area contributed by atoms with Gasteiger partial charge in [-0.3, -0.25) is 4.68 Å². The number of rotatable bonds is 5. The van der Waals surface area contributed by atoms with E-state index in [1.165, 1.54) is 6.07 Å². The molecule has 21 heavy (non-hydrogen) atoms. The second kappa shape index (κ2) is 6.48. The van der Waals surface area contributed by atoms with Crippen LogP contribution in [-0.2, 0) is 12.7 Å². The molecule has 8 heteroatoms. The van der Waals surface area contributed by atoms with Crippen LogP contribution in [0.15, 0.2) is 41.1 Å². The molecule has 4 nitrogen and oxygen atoms in total. The van der Waals surface area contributed by atoms with Gasteiger partial charge in [0.25, 0.3) is 0 Å². The number of nitrogens with one attached hydrogen (secondary N) is 1. The van der Waals surface area contributed by atoms with Crippen molar-refractivity contribution in [3.63, 3.8) is 0 Å². The Labute approximate surface area is 127 Å². The minimum absolute atomic E-state index is 0.119. The van der Waals surface area contributed by atoms with Crippen molar-refractivity contribution in [3.8, 4) is 0 Å². The van der Waals surface area contributed by atoms with E-state index in [4.69, 9.17) is 0 Å². The molecule has 0 saturated carbocycles. The molecule has 0 aliphatic rings. The molecule has 0 spiro atoms. The molecule has 1 unspecified atom stereocenters. The molecule has 0 radical (unpaired) electrons. The van der Waals surface area contributed by atoms with Crippen LogP contribution in [0.3, 0.4) is 0 Å². The topological polar surface area (TPSA) is 50.1 Å². The van der Waals surface area contributed by atoms with E-state index in [2.05, 4.69) is 26.3 Å². The number of aromatic nitrogens is 2. The zero-order chi connectivity index (χ0) is 15.5. The molecule has 0 saturated heterocycles. The van der Waals surface area contributed by atoms with Gasteiger partial charge in [-0.05, 0) is 24.3 Å². The first-order chi connectivity index (χ1) is 9.84. The lowest BCUT2D eigenvalue weighted by atomic mass is 10.2. The highest BCUT2D eigenvalue weighted by Gasteiger charge is 2.31. The number of hydrogen-bond acceptors (Lipinski definition) is 3. The first-order valence-corrected chi connectivity index (χ1v) is 6.91. The number of nitrogens with zero attached hydrogens (tertiary/aromatic N) is 2. The first kappa shape index (κ1) is 15.8. The molecule has 0 aliphatic carbocycles. The Hall–Kier alpha value is -1.54. The zero-order valence-corrected chi connectivity index (χ0v) is 12.4. The van der Waals surface area contributed by atoms with E-state index in [9.17, 15) is 18.3 Å². The van der Waals surface area contributed by atoms with E-state index in [0.717, 1.165) is 12.1 Å². The summed E-state index contributed by atoms with van der Waals surface area (Å²) in [5, 5.41) is 16.6. The number of halogens is 4. The van der Waals surface area contributed by atoms with E-state index < -0.39 is 17.8 Å². The molecule has 2 aromatic rings. The molecule has 1 atom stereocenters. The second-order valence-corrected chi connectivity index (χ2v) is 5.40. The van der Waals surface area contributed by atoms with E-state index >= 15 is 0 Å². The van der Waals surface area contributed by atoms with Crippen LogP contribution in [0.4, 0.5) is 18.9 Å². The second-order valence-electron chi connectivity index (χ2n) is 4.49. The normalized spacial score (nSPS) is 13.2. The van der Waals surface area contributed by atoms with Crippen molar-refractivity contribution in [2.75, 3.05) is 11.9 Å². The van der Waals surface area contributed by atoms with Crippen LogP contribution in [0.2, 0.25) is 0 Å². The lowest BCUT2D eigenvalue weighted by Crippen LogP contribution is -2.25. The summed E-state index contributed by atoms with van der Waals surface area (Å²) >= 11 is 3.04. The van der Waals surface area contributed by atoms with Crippen molar-refractivity contribution < 1.29 is 18.3 Å². The van der Waals surface area contributed by atoms with Gasteiger partial charge >= 0.3 is 6.18 Å². The van der Waals surface area contributed by atoms with Gasteiger partial charge in [0.2, 0.25) is 0 Å². The highest BCUT2D eigenvalue weighted by molar-refractivity contribution is 9.10. The third kappa shape index (κ3) is 4.75. The maximum Gasteiger partial charge on any atom is 0.416 e. The summed E-state index contributed by atoms with van der Waals surface area (Å²) in [5.74, 6) is 0. The summed E-state index contributed by atoms with van der Waals surface area (Å²) in [6.45, 7) is 0.383. The molecule has 114 valence electrons. The monoisotopic (exact) mass is 363 g/mol. The minimum atomic E-state index is -4.41. The van der Waals surface area contributed by atoms with Crippen molar-refractivity contribution in [1.29, 1.82) is 0 Å². The number of hydrogen-bond donors (Lipinski definition) is 2. The van der Waals surface area contributed by atoms with Crippen molar-refractivity contribution in [1.82, 2.24) is 9.78 Å². The SMILES string of the molecule is OC(CNc1cc(Br)cc(C(F)(F)F)c1)Cn1cccn1. The highest BCUT2D eigenvalue weighted by atomic mass is 79.9. The van der Waals surface area contributed by atoms with Crippen LogP contribution in [0.5, 0.6) is 0 Å². The first-order valence-electron chi connectivity index (χ1n) is 6.12. The molecular formula is C13H13BrF3N3O. The number of alkyl halides is 3. The van der Waals surface area contributed by atoms with Gasteiger partial charge in [-0.25, -0.2) is 0 Å². The Morgan fingerprint density at radius 1 is 1.33 bits per heavy atom. The van der Waals surface area contributed by atoms with Gasteiger partial charge in [0.05, 0.1) is 18.2 Å². The maximum atomic E-state index is 12.7. The Kier molecular flexibility index (Phi) is 4.89. The average Bonchev–Trinajstić information content (AvgIpc) is 2.87. The van der Waals surface area contributed by atoms with Crippen molar-refractivity contribution in [3.05, 3.63) is 46.7 Å². The summed E-state index contributed by atoms with van der Waals surface area (Å²) in [4.78, 5) is 0. The molecular weight excluding hydrogens is 351 g/mol. The van der Waals surface area contributed by atoms with Gasteiger partial charge in [0, 0.05) is 29.1 Å². The molecule has 0 fully saturated rings. The van der Waals surface area contributed by atoms with Gasteiger partial charge in [-0.1, -0.05) is 15.9 Å². The van der Waals surface area contributed by atoms with E-state index in [-0.39, 0.29) is 18.8 Å². The Morgan fingerprint density at radius 3 is 2.71 bits per heavy atom.